The van der Waals surface area contributed by atoms with Gasteiger partial charge in [0, 0.05) is 16.6 Å². The maximum atomic E-state index is 13.1. The van der Waals surface area contributed by atoms with Gasteiger partial charge in [-0.1, -0.05) is 30.3 Å². The summed E-state index contributed by atoms with van der Waals surface area (Å²) in [4.78, 5) is 26.6. The van der Waals surface area contributed by atoms with E-state index in [9.17, 15) is 9.59 Å². The predicted molar refractivity (Wildman–Crippen MR) is 122 cm³/mol. The number of amides is 2. The van der Waals surface area contributed by atoms with E-state index in [4.69, 9.17) is 4.42 Å². The van der Waals surface area contributed by atoms with Crippen LogP contribution < -0.4 is 15.5 Å². The SMILES string of the molecule is CC(Nc1ccc(-c2cc3ccccc3o2)cc1)C(=O)N1CC(=O)Nc2ccccc21. The Bertz CT molecular complexity index is 1240. The van der Waals surface area contributed by atoms with Crippen molar-refractivity contribution in [2.24, 2.45) is 0 Å². The number of rotatable bonds is 4. The fraction of sp³-hybridized carbons (Fsp3) is 0.120. The molecule has 1 aliphatic rings. The summed E-state index contributed by atoms with van der Waals surface area (Å²) in [6, 6.07) is 24.5. The van der Waals surface area contributed by atoms with Crippen LogP contribution in [0, 0.1) is 0 Å². The van der Waals surface area contributed by atoms with E-state index < -0.39 is 6.04 Å². The minimum absolute atomic E-state index is 0.00680. The van der Waals surface area contributed by atoms with Crippen molar-refractivity contribution in [3.63, 3.8) is 0 Å². The number of nitrogens with one attached hydrogen (secondary N) is 2. The van der Waals surface area contributed by atoms with Crippen LogP contribution in [0.2, 0.25) is 0 Å². The van der Waals surface area contributed by atoms with Gasteiger partial charge in [0.1, 0.15) is 23.9 Å². The van der Waals surface area contributed by atoms with Crippen molar-refractivity contribution in [1.29, 1.82) is 0 Å². The van der Waals surface area contributed by atoms with Crippen LogP contribution in [0.15, 0.2) is 83.3 Å². The van der Waals surface area contributed by atoms with Gasteiger partial charge in [-0.15, -0.1) is 0 Å². The first-order valence-corrected chi connectivity index (χ1v) is 10.1. The summed E-state index contributed by atoms with van der Waals surface area (Å²) in [6.07, 6.45) is 0. The van der Waals surface area contributed by atoms with Gasteiger partial charge in [0.05, 0.1) is 11.4 Å². The molecule has 5 rings (SSSR count). The first-order valence-electron chi connectivity index (χ1n) is 10.1. The summed E-state index contributed by atoms with van der Waals surface area (Å²) >= 11 is 0. The van der Waals surface area contributed by atoms with Gasteiger partial charge in [0.25, 0.3) is 0 Å². The number of nitrogens with zero attached hydrogens (tertiary/aromatic N) is 1. The van der Waals surface area contributed by atoms with Gasteiger partial charge in [-0.2, -0.15) is 0 Å². The van der Waals surface area contributed by atoms with Crippen LogP contribution in [0.4, 0.5) is 17.1 Å². The molecule has 2 N–H and O–H groups in total. The lowest BCUT2D eigenvalue weighted by atomic mass is 10.1. The molecule has 31 heavy (non-hydrogen) atoms. The Morgan fingerprint density at radius 1 is 1.03 bits per heavy atom. The second-order valence-corrected chi connectivity index (χ2v) is 7.58. The lowest BCUT2D eigenvalue weighted by Crippen LogP contribution is -2.47. The zero-order valence-electron chi connectivity index (χ0n) is 17.0. The molecule has 0 saturated heterocycles. The van der Waals surface area contributed by atoms with Crippen LogP contribution in [-0.2, 0) is 9.59 Å². The summed E-state index contributed by atoms with van der Waals surface area (Å²) < 4.78 is 5.92. The monoisotopic (exact) mass is 411 g/mol. The average Bonchev–Trinajstić information content (AvgIpc) is 3.23. The van der Waals surface area contributed by atoms with Gasteiger partial charge in [-0.3, -0.25) is 14.5 Å². The predicted octanol–water partition coefficient (Wildman–Crippen LogP) is 4.89. The minimum Gasteiger partial charge on any atom is -0.456 e. The Kier molecular flexibility index (Phi) is 4.67. The van der Waals surface area contributed by atoms with Crippen molar-refractivity contribution in [3.8, 4) is 11.3 Å². The third kappa shape index (κ3) is 3.64. The molecule has 0 radical (unpaired) electrons. The molecule has 1 atom stereocenters. The van der Waals surface area contributed by atoms with Gasteiger partial charge in [-0.05, 0) is 55.5 Å². The highest BCUT2D eigenvalue weighted by atomic mass is 16.3. The molecule has 4 aromatic rings. The zero-order chi connectivity index (χ0) is 21.4. The third-order valence-corrected chi connectivity index (χ3v) is 5.39. The Labute approximate surface area is 179 Å². The topological polar surface area (TPSA) is 74.6 Å². The van der Waals surface area contributed by atoms with Crippen LogP contribution in [0.5, 0.6) is 0 Å². The molecule has 1 unspecified atom stereocenters. The summed E-state index contributed by atoms with van der Waals surface area (Å²) in [5.74, 6) is 0.436. The number of hydrogen-bond donors (Lipinski definition) is 2. The van der Waals surface area contributed by atoms with Crippen LogP contribution in [0.3, 0.4) is 0 Å². The smallest absolute Gasteiger partial charge is 0.249 e. The molecule has 0 spiro atoms. The van der Waals surface area contributed by atoms with E-state index in [0.717, 1.165) is 28.0 Å². The fourth-order valence-corrected chi connectivity index (χ4v) is 3.83. The molecule has 6 heteroatoms. The number of benzene rings is 3. The molecule has 0 saturated carbocycles. The lowest BCUT2D eigenvalue weighted by molar-refractivity contribution is -0.122. The molecule has 0 aliphatic carbocycles. The number of fused-ring (bicyclic) bond motifs is 2. The largest absolute Gasteiger partial charge is 0.456 e. The molecule has 2 amide bonds. The second kappa shape index (κ2) is 7.65. The molecule has 0 bridgehead atoms. The quantitative estimate of drug-likeness (QED) is 0.502. The van der Waals surface area contributed by atoms with Crippen LogP contribution in [0.1, 0.15) is 6.92 Å². The van der Waals surface area contributed by atoms with Crippen molar-refractivity contribution < 1.29 is 14.0 Å². The normalized spacial score (nSPS) is 14.1. The highest BCUT2D eigenvalue weighted by Gasteiger charge is 2.29. The molecule has 0 fully saturated rings. The Balaban J connectivity index is 1.32. The summed E-state index contributed by atoms with van der Waals surface area (Å²) in [6.45, 7) is 1.80. The first kappa shape index (κ1) is 18.9. The summed E-state index contributed by atoms with van der Waals surface area (Å²) in [5, 5.41) is 7.10. The van der Waals surface area contributed by atoms with Crippen molar-refractivity contribution in [1.82, 2.24) is 0 Å². The van der Waals surface area contributed by atoms with Gasteiger partial charge in [0.2, 0.25) is 11.8 Å². The summed E-state index contributed by atoms with van der Waals surface area (Å²) in [5.41, 5.74) is 3.98. The highest BCUT2D eigenvalue weighted by Crippen LogP contribution is 2.30. The fourth-order valence-electron chi connectivity index (χ4n) is 3.83. The molecule has 1 aliphatic heterocycles. The molecular weight excluding hydrogens is 390 g/mol. The number of para-hydroxylation sites is 3. The van der Waals surface area contributed by atoms with Gasteiger partial charge >= 0.3 is 0 Å². The molecule has 2 heterocycles. The Hall–Kier alpha value is -4.06. The van der Waals surface area contributed by atoms with Crippen molar-refractivity contribution in [2.45, 2.75) is 13.0 Å². The van der Waals surface area contributed by atoms with E-state index in [0.29, 0.717) is 11.4 Å². The van der Waals surface area contributed by atoms with Gasteiger partial charge in [-0.25, -0.2) is 0 Å². The molecule has 1 aromatic heterocycles. The van der Waals surface area contributed by atoms with E-state index in [1.165, 1.54) is 4.90 Å². The summed E-state index contributed by atoms with van der Waals surface area (Å²) in [7, 11) is 0. The number of furan rings is 1. The van der Waals surface area contributed by atoms with Crippen molar-refractivity contribution >= 4 is 39.8 Å². The van der Waals surface area contributed by atoms with Gasteiger partial charge < -0.3 is 15.1 Å². The van der Waals surface area contributed by atoms with E-state index in [1.807, 2.05) is 72.8 Å². The number of anilines is 3. The van der Waals surface area contributed by atoms with Gasteiger partial charge in [0.15, 0.2) is 0 Å². The van der Waals surface area contributed by atoms with Crippen LogP contribution >= 0.6 is 0 Å². The van der Waals surface area contributed by atoms with Crippen LogP contribution in [-0.4, -0.2) is 24.4 Å². The first-order chi connectivity index (χ1) is 15.1. The number of carbonyl (C=O) groups is 2. The highest BCUT2D eigenvalue weighted by molar-refractivity contribution is 6.11. The number of carbonyl (C=O) groups excluding carboxylic acids is 2. The van der Waals surface area contributed by atoms with Crippen molar-refractivity contribution in [2.75, 3.05) is 22.1 Å². The van der Waals surface area contributed by atoms with E-state index >= 15 is 0 Å². The maximum absolute atomic E-state index is 13.1. The second-order valence-electron chi connectivity index (χ2n) is 7.58. The van der Waals surface area contributed by atoms with Crippen molar-refractivity contribution in [3.05, 3.63) is 78.9 Å². The molecule has 3 aromatic carbocycles. The third-order valence-electron chi connectivity index (χ3n) is 5.39. The Morgan fingerprint density at radius 3 is 2.58 bits per heavy atom. The molecule has 154 valence electrons. The average molecular weight is 411 g/mol. The van der Waals surface area contributed by atoms with E-state index in [-0.39, 0.29) is 18.4 Å². The molecular formula is C25H21N3O3. The molecule has 6 nitrogen and oxygen atoms in total. The minimum atomic E-state index is -0.504. The Morgan fingerprint density at radius 2 is 1.77 bits per heavy atom. The van der Waals surface area contributed by atoms with E-state index in [2.05, 4.69) is 10.6 Å². The zero-order valence-corrected chi connectivity index (χ0v) is 17.0. The van der Waals surface area contributed by atoms with E-state index in [1.54, 1.807) is 13.0 Å². The maximum Gasteiger partial charge on any atom is 0.249 e. The standard InChI is InChI=1S/C25H21N3O3/c1-16(25(30)28-15-24(29)27-20-7-3-4-8-21(20)28)26-19-12-10-17(11-13-19)23-14-18-6-2-5-9-22(18)31-23/h2-14,16,26H,15H2,1H3,(H,27,29). The van der Waals surface area contributed by atoms with Crippen LogP contribution in [0.25, 0.3) is 22.3 Å². The lowest BCUT2D eigenvalue weighted by Gasteiger charge is -2.31. The number of hydrogen-bond acceptors (Lipinski definition) is 4.